The molecule has 3 heterocycles. The van der Waals surface area contributed by atoms with Crippen LogP contribution in [-0.4, -0.2) is 66.3 Å². The summed E-state index contributed by atoms with van der Waals surface area (Å²) in [5, 5.41) is 2.65. The van der Waals surface area contributed by atoms with E-state index in [0.717, 1.165) is 24.8 Å². The van der Waals surface area contributed by atoms with Gasteiger partial charge in [0.1, 0.15) is 17.4 Å². The molecule has 222 valence electrons. The third kappa shape index (κ3) is 7.17. The SMILES string of the molecule is CCOC(=O)CSNc1cc(F)c(C(=O)Nc2nc(C)cc(N3CCC(F)(F)CC3)n2)c(N2CCC3(CC2)CC3)c1. The van der Waals surface area contributed by atoms with Crippen LogP contribution >= 0.6 is 11.9 Å². The van der Waals surface area contributed by atoms with Gasteiger partial charge in [-0.2, -0.15) is 4.98 Å². The van der Waals surface area contributed by atoms with Crippen molar-refractivity contribution in [3.63, 3.8) is 0 Å². The first-order chi connectivity index (χ1) is 19.6. The molecule has 0 unspecified atom stereocenters. The van der Waals surface area contributed by atoms with E-state index in [1.54, 1.807) is 30.9 Å². The number of aryl methyl sites for hydroxylation is 1. The second kappa shape index (κ2) is 11.9. The highest BCUT2D eigenvalue weighted by Gasteiger charge is 2.45. The number of ether oxygens (including phenoxy) is 1. The van der Waals surface area contributed by atoms with Crippen molar-refractivity contribution in [2.75, 3.05) is 58.4 Å². The molecule has 1 spiro atoms. The average molecular weight is 593 g/mol. The number of alkyl halides is 2. The van der Waals surface area contributed by atoms with Gasteiger partial charge in [-0.15, -0.1) is 0 Å². The molecular weight excluding hydrogens is 557 g/mol. The fourth-order valence-electron chi connectivity index (χ4n) is 5.40. The number of carbonyl (C=O) groups excluding carboxylic acids is 2. The van der Waals surface area contributed by atoms with Gasteiger partial charge in [0.2, 0.25) is 5.95 Å². The van der Waals surface area contributed by atoms with Crippen molar-refractivity contribution in [2.24, 2.45) is 5.41 Å². The van der Waals surface area contributed by atoms with Crippen LogP contribution in [0.3, 0.4) is 0 Å². The summed E-state index contributed by atoms with van der Waals surface area (Å²) < 4.78 is 50.9. The fraction of sp³-hybridized carbons (Fsp3) is 0.571. The molecule has 1 saturated carbocycles. The molecule has 3 aliphatic rings. The summed E-state index contributed by atoms with van der Waals surface area (Å²) in [4.78, 5) is 37.7. The highest BCUT2D eigenvalue weighted by molar-refractivity contribution is 8.01. The Morgan fingerprint density at radius 3 is 2.34 bits per heavy atom. The third-order valence-electron chi connectivity index (χ3n) is 7.99. The van der Waals surface area contributed by atoms with Crippen molar-refractivity contribution in [2.45, 2.75) is 58.3 Å². The number of carbonyl (C=O) groups is 2. The number of nitrogens with zero attached hydrogens (tertiary/aromatic N) is 4. The summed E-state index contributed by atoms with van der Waals surface area (Å²) in [6.07, 6.45) is 3.81. The van der Waals surface area contributed by atoms with Gasteiger partial charge in [-0.25, -0.2) is 18.2 Å². The van der Waals surface area contributed by atoms with Crippen LogP contribution < -0.4 is 19.8 Å². The highest BCUT2D eigenvalue weighted by Crippen LogP contribution is 2.54. The van der Waals surface area contributed by atoms with E-state index in [2.05, 4.69) is 20.0 Å². The van der Waals surface area contributed by atoms with Gasteiger partial charge in [0.05, 0.1) is 17.9 Å². The van der Waals surface area contributed by atoms with Crippen LogP contribution in [0.1, 0.15) is 61.5 Å². The van der Waals surface area contributed by atoms with Crippen molar-refractivity contribution in [3.05, 3.63) is 35.3 Å². The predicted octanol–water partition coefficient (Wildman–Crippen LogP) is 5.42. The minimum Gasteiger partial charge on any atom is -0.465 e. The van der Waals surface area contributed by atoms with Crippen LogP contribution in [-0.2, 0) is 9.53 Å². The fourth-order valence-corrected chi connectivity index (χ4v) is 5.96. The lowest BCUT2D eigenvalue weighted by Gasteiger charge is -2.35. The minimum absolute atomic E-state index is 0.0181. The van der Waals surface area contributed by atoms with Gasteiger partial charge < -0.3 is 19.3 Å². The molecule has 0 bridgehead atoms. The normalized spacial score (nSPS) is 19.1. The standard InChI is InChI=1S/C28H35F3N6O3S/c1-3-40-23(38)17-41-35-19-15-20(29)24(21(16-19)36-10-6-27(4-5-27)7-11-36)25(39)34-26-32-18(2)14-22(33-26)37-12-8-28(30,31)9-13-37/h14-16,35H,3-13,17H2,1-2H3,(H,32,33,34,39). The van der Waals surface area contributed by atoms with Crippen LogP contribution in [0.15, 0.2) is 18.2 Å². The number of hydrogen-bond donors (Lipinski definition) is 2. The smallest absolute Gasteiger partial charge is 0.317 e. The number of nitrogens with one attached hydrogen (secondary N) is 2. The molecule has 2 N–H and O–H groups in total. The molecule has 5 rings (SSSR count). The maximum atomic E-state index is 15.7. The van der Waals surface area contributed by atoms with Crippen molar-refractivity contribution in [1.29, 1.82) is 0 Å². The Labute approximate surface area is 241 Å². The number of piperidine rings is 2. The van der Waals surface area contributed by atoms with Crippen LogP contribution in [0.4, 0.5) is 36.3 Å². The molecule has 3 fully saturated rings. The molecule has 2 aromatic rings. The van der Waals surface area contributed by atoms with E-state index in [9.17, 15) is 18.4 Å². The lowest BCUT2D eigenvalue weighted by molar-refractivity contribution is -0.139. The van der Waals surface area contributed by atoms with Crippen molar-refractivity contribution < 1.29 is 27.5 Å². The largest absolute Gasteiger partial charge is 0.465 e. The molecule has 2 saturated heterocycles. The van der Waals surface area contributed by atoms with E-state index in [0.29, 0.717) is 41.4 Å². The van der Waals surface area contributed by atoms with Gasteiger partial charge in [0, 0.05) is 56.5 Å². The van der Waals surface area contributed by atoms with E-state index in [1.807, 2.05) is 4.90 Å². The van der Waals surface area contributed by atoms with Crippen molar-refractivity contribution in [1.82, 2.24) is 9.97 Å². The molecule has 0 atom stereocenters. The van der Waals surface area contributed by atoms with E-state index < -0.39 is 17.6 Å². The first-order valence-corrected chi connectivity index (χ1v) is 15.0. The first kappa shape index (κ1) is 29.3. The highest BCUT2D eigenvalue weighted by atomic mass is 32.2. The van der Waals surface area contributed by atoms with E-state index in [1.165, 1.54) is 18.9 Å². The first-order valence-electron chi connectivity index (χ1n) is 14.0. The van der Waals surface area contributed by atoms with Gasteiger partial charge in [0.15, 0.2) is 0 Å². The maximum Gasteiger partial charge on any atom is 0.317 e. The Morgan fingerprint density at radius 1 is 1.00 bits per heavy atom. The molecule has 1 aliphatic carbocycles. The monoisotopic (exact) mass is 592 g/mol. The quantitative estimate of drug-likeness (QED) is 0.292. The number of benzene rings is 1. The van der Waals surface area contributed by atoms with Crippen LogP contribution in [0, 0.1) is 18.2 Å². The Bertz CT molecular complexity index is 1290. The van der Waals surface area contributed by atoms with E-state index in [4.69, 9.17) is 4.74 Å². The van der Waals surface area contributed by atoms with Gasteiger partial charge in [0.25, 0.3) is 11.8 Å². The number of rotatable bonds is 9. The zero-order valence-corrected chi connectivity index (χ0v) is 24.1. The maximum absolute atomic E-state index is 15.7. The molecule has 1 aromatic carbocycles. The lowest BCUT2D eigenvalue weighted by atomic mass is 9.93. The zero-order chi connectivity index (χ0) is 29.2. The molecule has 2 aliphatic heterocycles. The number of hydrogen-bond acceptors (Lipinski definition) is 9. The summed E-state index contributed by atoms with van der Waals surface area (Å²) >= 11 is 1.08. The van der Waals surface area contributed by atoms with Gasteiger partial charge in [-0.1, -0.05) is 0 Å². The average Bonchev–Trinajstić information content (AvgIpc) is 3.67. The molecule has 1 amide bonds. The predicted molar refractivity (Wildman–Crippen MR) is 153 cm³/mol. The third-order valence-corrected chi connectivity index (χ3v) is 8.75. The van der Waals surface area contributed by atoms with E-state index >= 15 is 4.39 Å². The van der Waals surface area contributed by atoms with E-state index in [-0.39, 0.29) is 55.8 Å². The number of amides is 1. The van der Waals surface area contributed by atoms with Gasteiger partial charge in [-0.05, 0) is 69.0 Å². The second-order valence-corrected chi connectivity index (χ2v) is 11.8. The molecular formula is C28H35F3N6O3S. The van der Waals surface area contributed by atoms with Gasteiger partial charge >= 0.3 is 5.97 Å². The number of halogens is 3. The summed E-state index contributed by atoms with van der Waals surface area (Å²) in [6.45, 7) is 5.39. The van der Waals surface area contributed by atoms with Crippen molar-refractivity contribution >= 4 is 47.0 Å². The Morgan fingerprint density at radius 2 is 1.68 bits per heavy atom. The van der Waals surface area contributed by atoms with Crippen LogP contribution in [0.2, 0.25) is 0 Å². The Hall–Kier alpha value is -3.22. The molecule has 1 aromatic heterocycles. The van der Waals surface area contributed by atoms with Crippen LogP contribution in [0.25, 0.3) is 0 Å². The molecule has 0 radical (unpaired) electrons. The second-order valence-electron chi connectivity index (χ2n) is 11.0. The molecule has 9 nitrogen and oxygen atoms in total. The Kier molecular flexibility index (Phi) is 8.53. The summed E-state index contributed by atoms with van der Waals surface area (Å²) in [5.41, 5.74) is 1.68. The Balaban J connectivity index is 1.37. The molecule has 13 heteroatoms. The number of esters is 1. The minimum atomic E-state index is -2.70. The summed E-state index contributed by atoms with van der Waals surface area (Å²) in [7, 11) is 0. The van der Waals surface area contributed by atoms with Gasteiger partial charge in [-0.3, -0.25) is 14.9 Å². The van der Waals surface area contributed by atoms with Crippen LogP contribution in [0.5, 0.6) is 0 Å². The summed E-state index contributed by atoms with van der Waals surface area (Å²) in [5.74, 6) is -4.04. The zero-order valence-electron chi connectivity index (χ0n) is 23.3. The molecule has 41 heavy (non-hydrogen) atoms. The van der Waals surface area contributed by atoms with Crippen molar-refractivity contribution in [3.8, 4) is 0 Å². The topological polar surface area (TPSA) is 99.7 Å². The number of aromatic nitrogens is 2. The number of anilines is 4. The summed E-state index contributed by atoms with van der Waals surface area (Å²) in [6, 6.07) is 4.62. The lowest BCUT2D eigenvalue weighted by Crippen LogP contribution is -2.40.